The van der Waals surface area contributed by atoms with Crippen molar-refractivity contribution in [3.8, 4) is 22.5 Å². The molecule has 0 spiro atoms. The Balaban J connectivity index is 1.09. The Morgan fingerprint density at radius 3 is 2.07 bits per heavy atom. The van der Waals surface area contributed by atoms with E-state index in [1.807, 2.05) is 48.2 Å². The highest BCUT2D eigenvalue weighted by Crippen LogP contribution is 2.38. The lowest BCUT2D eigenvalue weighted by Crippen LogP contribution is -2.54. The highest BCUT2D eigenvalue weighted by atomic mass is 16.5. The van der Waals surface area contributed by atoms with Crippen LogP contribution in [0.1, 0.15) is 69.6 Å². The standard InChI is InChI=1S/C40H47N7O8/c1-6-27(44-39(50)53-4)37(48)46-17-7-9-31(46)29-16-15-28(42-29)23-11-13-25-26-14-12-24(20-34(26)55-33(25)19-23)30-21-41-36(43-30)32-10-8-18-47(32)38(49)35(22(2)52-3)45-40(51)54-5/h11-16,19-22,27,31-32,35,42H,6-10,17-18H2,1-5H3,(H,41,43)(H,44,50)(H,45,51)/t22-,27+,31+,32?,35+/m1/s1. The lowest BCUT2D eigenvalue weighted by Gasteiger charge is -2.30. The third kappa shape index (κ3) is 7.35. The van der Waals surface area contributed by atoms with Crippen molar-refractivity contribution in [2.75, 3.05) is 34.4 Å². The van der Waals surface area contributed by atoms with Crippen LogP contribution in [0.3, 0.4) is 0 Å². The maximum absolute atomic E-state index is 13.7. The quantitative estimate of drug-likeness (QED) is 0.122. The maximum Gasteiger partial charge on any atom is 0.407 e. The van der Waals surface area contributed by atoms with Crippen LogP contribution in [0.15, 0.2) is 59.1 Å². The van der Waals surface area contributed by atoms with Crippen LogP contribution in [0.4, 0.5) is 9.59 Å². The van der Waals surface area contributed by atoms with Crippen LogP contribution in [0.2, 0.25) is 0 Å². The number of amides is 4. The van der Waals surface area contributed by atoms with Crippen molar-refractivity contribution in [3.05, 3.63) is 66.2 Å². The second kappa shape index (κ2) is 15.9. The van der Waals surface area contributed by atoms with Crippen molar-refractivity contribution in [3.63, 3.8) is 0 Å². The van der Waals surface area contributed by atoms with Gasteiger partial charge in [-0.2, -0.15) is 0 Å². The molecule has 7 rings (SSSR count). The maximum atomic E-state index is 13.7. The number of nitrogens with one attached hydrogen (secondary N) is 4. The number of nitrogens with zero attached hydrogens (tertiary/aromatic N) is 3. The number of alkyl carbamates (subject to hydrolysis) is 2. The predicted molar refractivity (Wildman–Crippen MR) is 204 cm³/mol. The Hall–Kier alpha value is -5.83. The van der Waals surface area contributed by atoms with E-state index in [4.69, 9.17) is 18.6 Å². The fourth-order valence-corrected chi connectivity index (χ4v) is 7.83. The molecule has 2 fully saturated rings. The largest absolute Gasteiger partial charge is 0.456 e. The monoisotopic (exact) mass is 753 g/mol. The first-order valence-corrected chi connectivity index (χ1v) is 18.7. The molecule has 4 N–H and O–H groups in total. The van der Waals surface area contributed by atoms with Crippen LogP contribution >= 0.6 is 0 Å². The van der Waals surface area contributed by atoms with Crippen molar-refractivity contribution in [1.82, 2.24) is 35.4 Å². The molecule has 15 nitrogen and oxygen atoms in total. The number of furan rings is 1. The number of benzene rings is 2. The van der Waals surface area contributed by atoms with E-state index >= 15 is 0 Å². The number of carbonyl (C=O) groups is 4. The number of ether oxygens (including phenoxy) is 3. The van der Waals surface area contributed by atoms with Gasteiger partial charge < -0.3 is 49.0 Å². The number of hydrogen-bond acceptors (Lipinski definition) is 9. The van der Waals surface area contributed by atoms with E-state index in [2.05, 4.69) is 37.7 Å². The fraction of sp³-hybridized carbons (Fsp3) is 0.425. The molecule has 290 valence electrons. The van der Waals surface area contributed by atoms with Gasteiger partial charge >= 0.3 is 12.2 Å². The van der Waals surface area contributed by atoms with Crippen molar-refractivity contribution < 1.29 is 37.8 Å². The third-order valence-corrected chi connectivity index (χ3v) is 10.9. The second-order valence-electron chi connectivity index (χ2n) is 14.1. The van der Waals surface area contributed by atoms with Crippen LogP contribution in [-0.4, -0.2) is 101 Å². The Labute approximate surface area is 318 Å². The molecule has 0 aliphatic carbocycles. The Bertz CT molecular complexity index is 2210. The Kier molecular flexibility index (Phi) is 10.8. The number of fused-ring (bicyclic) bond motifs is 3. The lowest BCUT2D eigenvalue weighted by atomic mass is 10.1. The minimum absolute atomic E-state index is 0.118. The van der Waals surface area contributed by atoms with Crippen LogP contribution < -0.4 is 10.6 Å². The molecule has 2 aliphatic rings. The van der Waals surface area contributed by atoms with Crippen LogP contribution in [-0.2, 0) is 23.8 Å². The summed E-state index contributed by atoms with van der Waals surface area (Å²) in [4.78, 5) is 66.2. The first-order valence-electron chi connectivity index (χ1n) is 18.7. The van der Waals surface area contributed by atoms with E-state index in [0.29, 0.717) is 25.3 Å². The fourth-order valence-electron chi connectivity index (χ4n) is 7.83. The summed E-state index contributed by atoms with van der Waals surface area (Å²) in [6, 6.07) is 14.2. The molecule has 0 bridgehead atoms. The number of likely N-dealkylation sites (tertiary alicyclic amines) is 2. The van der Waals surface area contributed by atoms with Gasteiger partial charge in [0, 0.05) is 53.5 Å². The molecule has 2 aliphatic heterocycles. The number of H-pyrrole nitrogens is 2. The van der Waals surface area contributed by atoms with Gasteiger partial charge in [-0.05, 0) is 75.4 Å². The summed E-state index contributed by atoms with van der Waals surface area (Å²) < 4.78 is 21.3. The highest BCUT2D eigenvalue weighted by molar-refractivity contribution is 6.06. The molecule has 2 saturated heterocycles. The average Bonchev–Trinajstić information content (AvgIpc) is 4.06. The topological polar surface area (TPSA) is 184 Å². The van der Waals surface area contributed by atoms with E-state index < -0.39 is 30.4 Å². The highest BCUT2D eigenvalue weighted by Gasteiger charge is 2.39. The van der Waals surface area contributed by atoms with Gasteiger partial charge in [0.05, 0.1) is 44.3 Å². The second-order valence-corrected chi connectivity index (χ2v) is 14.1. The Morgan fingerprint density at radius 2 is 1.44 bits per heavy atom. The normalized spacial score (nSPS) is 18.7. The number of hydrogen-bond donors (Lipinski definition) is 4. The summed E-state index contributed by atoms with van der Waals surface area (Å²) in [5.41, 5.74) is 5.93. The molecule has 5 atom stereocenters. The van der Waals surface area contributed by atoms with Crippen LogP contribution in [0.25, 0.3) is 44.5 Å². The van der Waals surface area contributed by atoms with Gasteiger partial charge in [0.15, 0.2) is 0 Å². The third-order valence-electron chi connectivity index (χ3n) is 10.9. The summed E-state index contributed by atoms with van der Waals surface area (Å²) in [6.45, 7) is 4.74. The molecular formula is C40H47N7O8. The van der Waals surface area contributed by atoms with Crippen molar-refractivity contribution in [2.24, 2.45) is 0 Å². The lowest BCUT2D eigenvalue weighted by molar-refractivity contribution is -0.137. The molecule has 15 heteroatoms. The minimum Gasteiger partial charge on any atom is -0.456 e. The van der Waals surface area contributed by atoms with Gasteiger partial charge in [-0.3, -0.25) is 9.59 Å². The minimum atomic E-state index is -0.910. The van der Waals surface area contributed by atoms with E-state index in [0.717, 1.165) is 75.8 Å². The van der Waals surface area contributed by atoms with E-state index in [-0.39, 0.29) is 23.9 Å². The van der Waals surface area contributed by atoms with Gasteiger partial charge in [0.2, 0.25) is 11.8 Å². The first-order chi connectivity index (χ1) is 26.6. The molecule has 2 aromatic carbocycles. The summed E-state index contributed by atoms with van der Waals surface area (Å²) in [6.07, 6.45) is 3.56. The van der Waals surface area contributed by atoms with E-state index in [1.54, 1.807) is 18.0 Å². The van der Waals surface area contributed by atoms with Gasteiger partial charge in [-0.25, -0.2) is 14.6 Å². The molecular weight excluding hydrogens is 706 g/mol. The molecule has 5 aromatic rings. The summed E-state index contributed by atoms with van der Waals surface area (Å²) >= 11 is 0. The zero-order chi connectivity index (χ0) is 38.8. The smallest absolute Gasteiger partial charge is 0.407 e. The molecule has 3 aromatic heterocycles. The zero-order valence-electron chi connectivity index (χ0n) is 31.6. The number of methoxy groups -OCH3 is 3. The van der Waals surface area contributed by atoms with Crippen molar-refractivity contribution in [1.29, 1.82) is 0 Å². The van der Waals surface area contributed by atoms with Crippen molar-refractivity contribution in [2.45, 2.75) is 76.2 Å². The van der Waals surface area contributed by atoms with Gasteiger partial charge in [0.1, 0.15) is 29.1 Å². The van der Waals surface area contributed by atoms with Gasteiger partial charge in [-0.15, -0.1) is 0 Å². The number of aromatic nitrogens is 3. The molecule has 4 amide bonds. The van der Waals surface area contributed by atoms with E-state index in [1.165, 1.54) is 21.3 Å². The molecule has 5 heterocycles. The number of carbonyl (C=O) groups excluding carboxylic acids is 4. The summed E-state index contributed by atoms with van der Waals surface area (Å²) in [7, 11) is 4.04. The number of rotatable bonds is 11. The number of imidazole rings is 1. The molecule has 0 radical (unpaired) electrons. The zero-order valence-corrected chi connectivity index (χ0v) is 31.6. The first kappa shape index (κ1) is 37.5. The predicted octanol–water partition coefficient (Wildman–Crippen LogP) is 6.19. The molecule has 0 saturated carbocycles. The molecule has 55 heavy (non-hydrogen) atoms. The van der Waals surface area contributed by atoms with E-state index in [9.17, 15) is 19.2 Å². The Morgan fingerprint density at radius 1 is 0.818 bits per heavy atom. The van der Waals surface area contributed by atoms with Crippen LogP contribution in [0, 0.1) is 0 Å². The molecule has 1 unspecified atom stereocenters. The van der Waals surface area contributed by atoms with Gasteiger partial charge in [0.25, 0.3) is 0 Å². The van der Waals surface area contributed by atoms with Crippen LogP contribution in [0.5, 0.6) is 0 Å². The number of aromatic amines is 2. The van der Waals surface area contributed by atoms with Crippen molar-refractivity contribution >= 4 is 45.9 Å². The summed E-state index contributed by atoms with van der Waals surface area (Å²) in [5.74, 6) is 0.285. The SMILES string of the molecule is CC[C@H](NC(=O)OC)C(=O)N1CCC[C@H]1c1ccc(-c2ccc3c(c2)oc2cc(-c4cnc(C5CCCN5C(=O)[C@@H](NC(=O)OC)[C@@H](C)OC)[nH]4)ccc23)[nH]1. The average molecular weight is 754 g/mol. The summed E-state index contributed by atoms with van der Waals surface area (Å²) in [5, 5.41) is 7.24. The van der Waals surface area contributed by atoms with Gasteiger partial charge in [-0.1, -0.05) is 19.1 Å².